The van der Waals surface area contributed by atoms with Crippen LogP contribution < -0.4 is 11.5 Å². The molecule has 0 fully saturated rings. The first kappa shape index (κ1) is 9.06. The summed E-state index contributed by atoms with van der Waals surface area (Å²) in [6.07, 6.45) is 1.76. The van der Waals surface area contributed by atoms with Crippen LogP contribution >= 0.6 is 0 Å². The largest absolute Gasteiger partial charge is 0.382 e. The van der Waals surface area contributed by atoms with Crippen molar-refractivity contribution in [3.05, 3.63) is 11.8 Å². The fourth-order valence-corrected chi connectivity index (χ4v) is 0.905. The van der Waals surface area contributed by atoms with E-state index in [9.17, 15) is 4.79 Å². The maximum atomic E-state index is 10.7. The Bertz CT molecular complexity index is 361. The van der Waals surface area contributed by atoms with E-state index >= 15 is 0 Å². The number of primary amides is 1. The number of hydrogen-bond donors (Lipinski definition) is 2. The van der Waals surface area contributed by atoms with E-state index in [4.69, 9.17) is 16.7 Å². The van der Waals surface area contributed by atoms with Crippen LogP contribution in [0.25, 0.3) is 0 Å². The molecular weight excluding hydrogens is 170 g/mol. The van der Waals surface area contributed by atoms with Gasteiger partial charge in [0.15, 0.2) is 5.82 Å². The van der Waals surface area contributed by atoms with E-state index in [0.29, 0.717) is 13.0 Å². The van der Waals surface area contributed by atoms with E-state index in [1.807, 2.05) is 6.07 Å². The number of carbonyl (C=O) groups excluding carboxylic acids is 1. The molecule has 0 bridgehead atoms. The smallest absolute Gasteiger partial charge is 0.254 e. The molecule has 0 aromatic carbocycles. The second-order valence-electron chi connectivity index (χ2n) is 2.46. The van der Waals surface area contributed by atoms with Gasteiger partial charge in [-0.2, -0.15) is 10.4 Å². The van der Waals surface area contributed by atoms with Crippen LogP contribution in [0.2, 0.25) is 0 Å². The Kier molecular flexibility index (Phi) is 2.50. The van der Waals surface area contributed by atoms with Gasteiger partial charge in [-0.1, -0.05) is 0 Å². The summed E-state index contributed by atoms with van der Waals surface area (Å²) in [7, 11) is 0. The monoisotopic (exact) mass is 179 g/mol. The Labute approximate surface area is 74.7 Å². The van der Waals surface area contributed by atoms with Crippen LogP contribution in [0.1, 0.15) is 16.8 Å². The van der Waals surface area contributed by atoms with Gasteiger partial charge in [-0.25, -0.2) is 0 Å². The number of nitrogens with zero attached hydrogens (tertiary/aromatic N) is 3. The molecule has 6 nitrogen and oxygen atoms in total. The highest BCUT2D eigenvalue weighted by Gasteiger charge is 2.09. The van der Waals surface area contributed by atoms with Crippen molar-refractivity contribution in [3.63, 3.8) is 0 Å². The van der Waals surface area contributed by atoms with Crippen LogP contribution in [0.15, 0.2) is 6.20 Å². The van der Waals surface area contributed by atoms with Gasteiger partial charge in [-0.05, 0) is 0 Å². The van der Waals surface area contributed by atoms with E-state index in [-0.39, 0.29) is 11.4 Å². The van der Waals surface area contributed by atoms with Crippen molar-refractivity contribution in [1.82, 2.24) is 9.78 Å². The third-order valence-corrected chi connectivity index (χ3v) is 1.51. The van der Waals surface area contributed by atoms with Gasteiger partial charge in [-0.3, -0.25) is 9.48 Å². The molecule has 1 rings (SSSR count). The van der Waals surface area contributed by atoms with Crippen LogP contribution in [-0.4, -0.2) is 15.7 Å². The van der Waals surface area contributed by atoms with Crippen LogP contribution in [0.4, 0.5) is 5.82 Å². The molecular formula is C7H9N5O. The molecule has 13 heavy (non-hydrogen) atoms. The molecule has 0 saturated carbocycles. The second kappa shape index (κ2) is 3.58. The summed E-state index contributed by atoms with van der Waals surface area (Å²) in [4.78, 5) is 10.7. The minimum Gasteiger partial charge on any atom is -0.382 e. The highest BCUT2D eigenvalue weighted by Crippen LogP contribution is 2.07. The second-order valence-corrected chi connectivity index (χ2v) is 2.46. The van der Waals surface area contributed by atoms with Crippen LogP contribution in [0, 0.1) is 11.3 Å². The quantitative estimate of drug-likeness (QED) is 0.650. The Balaban J connectivity index is 2.84. The summed E-state index contributed by atoms with van der Waals surface area (Å²) in [6.45, 7) is 0.411. The number of nitriles is 1. The summed E-state index contributed by atoms with van der Waals surface area (Å²) in [5, 5.41) is 12.1. The van der Waals surface area contributed by atoms with Crippen molar-refractivity contribution in [2.24, 2.45) is 5.73 Å². The van der Waals surface area contributed by atoms with Gasteiger partial charge in [0.2, 0.25) is 0 Å². The maximum absolute atomic E-state index is 10.7. The van der Waals surface area contributed by atoms with Crippen molar-refractivity contribution in [1.29, 1.82) is 5.26 Å². The number of amides is 1. The lowest BCUT2D eigenvalue weighted by Gasteiger charge is -1.92. The summed E-state index contributed by atoms with van der Waals surface area (Å²) in [5.41, 5.74) is 10.6. The number of hydrogen-bond acceptors (Lipinski definition) is 4. The van der Waals surface area contributed by atoms with Crippen molar-refractivity contribution in [2.45, 2.75) is 13.0 Å². The van der Waals surface area contributed by atoms with Crippen LogP contribution in [0.5, 0.6) is 0 Å². The predicted molar refractivity (Wildman–Crippen MR) is 45.4 cm³/mol. The molecule has 1 heterocycles. The van der Waals surface area contributed by atoms with E-state index in [0.717, 1.165) is 0 Å². The number of nitrogen functional groups attached to an aromatic ring is 1. The molecule has 0 atom stereocenters. The SMILES string of the molecule is N#CCCn1cc(C(N)=O)c(N)n1. The fraction of sp³-hybridized carbons (Fsp3) is 0.286. The third kappa shape index (κ3) is 1.96. The van der Waals surface area contributed by atoms with Gasteiger partial charge in [0, 0.05) is 6.20 Å². The van der Waals surface area contributed by atoms with Crippen molar-refractivity contribution in [3.8, 4) is 6.07 Å². The van der Waals surface area contributed by atoms with E-state index in [2.05, 4.69) is 5.10 Å². The summed E-state index contributed by atoms with van der Waals surface area (Å²) in [5.74, 6) is -0.508. The molecule has 0 aliphatic carbocycles. The highest BCUT2D eigenvalue weighted by molar-refractivity contribution is 5.96. The van der Waals surface area contributed by atoms with E-state index in [1.165, 1.54) is 10.9 Å². The summed E-state index contributed by atoms with van der Waals surface area (Å²) in [6, 6.07) is 1.96. The molecule has 0 unspecified atom stereocenters. The molecule has 1 aromatic rings. The van der Waals surface area contributed by atoms with Crippen LogP contribution in [0.3, 0.4) is 0 Å². The Hall–Kier alpha value is -2.03. The zero-order valence-corrected chi connectivity index (χ0v) is 6.90. The van der Waals surface area contributed by atoms with Crippen molar-refractivity contribution >= 4 is 11.7 Å². The van der Waals surface area contributed by atoms with Crippen molar-refractivity contribution in [2.75, 3.05) is 5.73 Å². The standard InChI is InChI=1S/C7H9N5O/c8-2-1-3-12-4-5(7(10)13)6(9)11-12/h4H,1,3H2,(H2,9,11)(H2,10,13). The van der Waals surface area contributed by atoms with Gasteiger partial charge in [0.1, 0.15) is 5.56 Å². The van der Waals surface area contributed by atoms with Crippen molar-refractivity contribution < 1.29 is 4.79 Å². The van der Waals surface area contributed by atoms with Gasteiger partial charge in [0.05, 0.1) is 19.0 Å². The van der Waals surface area contributed by atoms with E-state index < -0.39 is 5.91 Å². The van der Waals surface area contributed by atoms with Gasteiger partial charge in [0.25, 0.3) is 5.91 Å². The molecule has 0 aliphatic heterocycles. The summed E-state index contributed by atoms with van der Waals surface area (Å²) < 4.78 is 1.43. The molecule has 0 spiro atoms. The van der Waals surface area contributed by atoms with Gasteiger partial charge in [-0.15, -0.1) is 0 Å². The number of rotatable bonds is 3. The number of aromatic nitrogens is 2. The molecule has 0 saturated heterocycles. The normalized spacial score (nSPS) is 9.46. The lowest BCUT2D eigenvalue weighted by molar-refractivity contribution is 0.100. The lowest BCUT2D eigenvalue weighted by atomic mass is 10.3. The summed E-state index contributed by atoms with van der Waals surface area (Å²) >= 11 is 0. The predicted octanol–water partition coefficient (Wildman–Crippen LogP) is -0.522. The number of carbonyl (C=O) groups is 1. The van der Waals surface area contributed by atoms with Crippen LogP contribution in [-0.2, 0) is 6.54 Å². The topological polar surface area (TPSA) is 111 Å². The number of aryl methyl sites for hydroxylation is 1. The third-order valence-electron chi connectivity index (χ3n) is 1.51. The number of anilines is 1. The minimum absolute atomic E-state index is 0.102. The molecule has 0 radical (unpaired) electrons. The zero-order chi connectivity index (χ0) is 9.84. The first-order valence-corrected chi connectivity index (χ1v) is 3.65. The molecule has 1 aromatic heterocycles. The minimum atomic E-state index is -0.610. The molecule has 68 valence electrons. The first-order chi connectivity index (χ1) is 6.15. The lowest BCUT2D eigenvalue weighted by Crippen LogP contribution is -2.11. The fourth-order valence-electron chi connectivity index (χ4n) is 0.905. The Morgan fingerprint density at radius 3 is 2.92 bits per heavy atom. The first-order valence-electron chi connectivity index (χ1n) is 3.65. The van der Waals surface area contributed by atoms with E-state index in [1.54, 1.807) is 0 Å². The van der Waals surface area contributed by atoms with Gasteiger partial charge < -0.3 is 11.5 Å². The molecule has 0 aliphatic rings. The molecule has 4 N–H and O–H groups in total. The maximum Gasteiger partial charge on any atom is 0.254 e. The Morgan fingerprint density at radius 2 is 2.46 bits per heavy atom. The Morgan fingerprint density at radius 1 is 1.77 bits per heavy atom. The average Bonchev–Trinajstić information content (AvgIpc) is 2.43. The zero-order valence-electron chi connectivity index (χ0n) is 6.90. The highest BCUT2D eigenvalue weighted by atomic mass is 16.1. The molecule has 6 heteroatoms. The molecule has 1 amide bonds. The van der Waals surface area contributed by atoms with Gasteiger partial charge >= 0.3 is 0 Å². The average molecular weight is 179 g/mol. The number of nitrogens with two attached hydrogens (primary N) is 2.